The van der Waals surface area contributed by atoms with E-state index in [-0.39, 0.29) is 23.9 Å². The molecule has 138 valence electrons. The number of halogens is 1. The van der Waals surface area contributed by atoms with Crippen LogP contribution in [0.2, 0.25) is 0 Å². The number of nitrogens with two attached hydrogens (primary N) is 1. The fourth-order valence-electron chi connectivity index (χ4n) is 2.70. The number of aromatic amines is 1. The number of nitrogens with zero attached hydrogens (tertiary/aromatic N) is 2. The van der Waals surface area contributed by atoms with Crippen LogP contribution in [-0.4, -0.2) is 33.9 Å². The average molecular weight is 367 g/mol. The Morgan fingerprint density at radius 3 is 2.64 bits per heavy atom. The van der Waals surface area contributed by atoms with Crippen molar-refractivity contribution in [3.63, 3.8) is 0 Å². The maximum atomic E-state index is 12.3. The lowest BCUT2D eigenvalue weighted by atomic mass is 10.1. The van der Waals surface area contributed by atoms with Gasteiger partial charge in [-0.25, -0.2) is 4.98 Å². The van der Waals surface area contributed by atoms with Gasteiger partial charge in [-0.15, -0.1) is 12.4 Å². The van der Waals surface area contributed by atoms with Crippen molar-refractivity contribution in [3.8, 4) is 0 Å². The van der Waals surface area contributed by atoms with E-state index in [0.717, 1.165) is 25.7 Å². The predicted molar refractivity (Wildman–Crippen MR) is 103 cm³/mol. The van der Waals surface area contributed by atoms with Crippen LogP contribution in [0.5, 0.6) is 0 Å². The van der Waals surface area contributed by atoms with E-state index in [1.54, 1.807) is 11.0 Å². The van der Waals surface area contributed by atoms with Gasteiger partial charge in [0.25, 0.3) is 5.56 Å². The molecule has 1 aromatic carbocycles. The first kappa shape index (κ1) is 21.1. The molecule has 25 heavy (non-hydrogen) atoms. The zero-order valence-electron chi connectivity index (χ0n) is 14.7. The van der Waals surface area contributed by atoms with Gasteiger partial charge in [0, 0.05) is 13.0 Å². The lowest BCUT2D eigenvalue weighted by molar-refractivity contribution is -0.131. The van der Waals surface area contributed by atoms with Gasteiger partial charge >= 0.3 is 0 Å². The van der Waals surface area contributed by atoms with Crippen LogP contribution in [0.1, 0.15) is 44.9 Å². The molecule has 0 atom stereocenters. The quantitative estimate of drug-likeness (QED) is 0.667. The van der Waals surface area contributed by atoms with Gasteiger partial charge in [0.05, 0.1) is 17.4 Å². The molecular weight excluding hydrogens is 340 g/mol. The van der Waals surface area contributed by atoms with Crippen LogP contribution < -0.4 is 11.3 Å². The second kappa shape index (κ2) is 10.8. The molecule has 0 fully saturated rings. The highest BCUT2D eigenvalue weighted by molar-refractivity contribution is 5.85. The van der Waals surface area contributed by atoms with Crippen LogP contribution >= 0.6 is 12.4 Å². The third-order valence-corrected chi connectivity index (χ3v) is 4.08. The molecule has 1 heterocycles. The van der Waals surface area contributed by atoms with E-state index < -0.39 is 0 Å². The molecule has 0 saturated carbocycles. The molecule has 0 bridgehead atoms. The fraction of sp³-hybridized carbons (Fsp3) is 0.500. The Morgan fingerprint density at radius 2 is 1.92 bits per heavy atom. The SMILES string of the molecule is CCN(Cc1nc2ccccc2c(=O)[nH]1)C(=O)CCCCCCN.Cl. The van der Waals surface area contributed by atoms with E-state index in [2.05, 4.69) is 9.97 Å². The van der Waals surface area contributed by atoms with E-state index in [1.165, 1.54) is 0 Å². The number of unbranched alkanes of at least 4 members (excludes halogenated alkanes) is 3. The van der Waals surface area contributed by atoms with Crippen LogP contribution in [-0.2, 0) is 11.3 Å². The van der Waals surface area contributed by atoms with Gasteiger partial charge in [0.2, 0.25) is 5.91 Å². The van der Waals surface area contributed by atoms with Crippen molar-refractivity contribution in [1.29, 1.82) is 0 Å². The molecule has 0 radical (unpaired) electrons. The Morgan fingerprint density at radius 1 is 1.20 bits per heavy atom. The van der Waals surface area contributed by atoms with Crippen molar-refractivity contribution in [1.82, 2.24) is 14.9 Å². The molecule has 7 heteroatoms. The maximum Gasteiger partial charge on any atom is 0.258 e. The van der Waals surface area contributed by atoms with Gasteiger partial charge in [0.1, 0.15) is 5.82 Å². The van der Waals surface area contributed by atoms with Gasteiger partial charge in [-0.1, -0.05) is 25.0 Å². The van der Waals surface area contributed by atoms with Crippen molar-refractivity contribution >= 4 is 29.2 Å². The van der Waals surface area contributed by atoms with E-state index in [9.17, 15) is 9.59 Å². The number of hydrogen-bond acceptors (Lipinski definition) is 4. The van der Waals surface area contributed by atoms with Crippen molar-refractivity contribution in [2.75, 3.05) is 13.1 Å². The Labute approximate surface area is 154 Å². The van der Waals surface area contributed by atoms with Gasteiger partial charge < -0.3 is 15.6 Å². The normalized spacial score (nSPS) is 10.5. The number of benzene rings is 1. The predicted octanol–water partition coefficient (Wildman–Crippen LogP) is 2.60. The van der Waals surface area contributed by atoms with Gasteiger partial charge in [-0.3, -0.25) is 9.59 Å². The summed E-state index contributed by atoms with van der Waals surface area (Å²) in [6.07, 6.45) is 4.49. The minimum absolute atomic E-state index is 0. The van der Waals surface area contributed by atoms with Crippen LogP contribution in [0.4, 0.5) is 0 Å². The summed E-state index contributed by atoms with van der Waals surface area (Å²) in [5, 5.41) is 0.565. The number of carbonyl (C=O) groups excluding carboxylic acids is 1. The molecule has 0 spiro atoms. The van der Waals surface area contributed by atoms with Crippen LogP contribution in [0.3, 0.4) is 0 Å². The number of H-pyrrole nitrogens is 1. The van der Waals surface area contributed by atoms with Crippen molar-refractivity contribution in [2.24, 2.45) is 5.73 Å². The standard InChI is InChI=1S/C18H26N4O2.ClH/c1-2-22(17(23)11-5-3-4-8-12-19)13-16-20-15-10-7-6-9-14(15)18(24)21-16;/h6-7,9-10H,2-5,8,11-13,19H2,1H3,(H,20,21,24);1H. The lowest BCUT2D eigenvalue weighted by Gasteiger charge is -2.20. The molecule has 0 aliphatic rings. The van der Waals surface area contributed by atoms with Crippen molar-refractivity contribution in [3.05, 3.63) is 40.4 Å². The van der Waals surface area contributed by atoms with Gasteiger partial charge in [-0.05, 0) is 38.4 Å². The molecule has 1 aromatic heterocycles. The second-order valence-corrected chi connectivity index (χ2v) is 5.89. The third-order valence-electron chi connectivity index (χ3n) is 4.08. The van der Waals surface area contributed by atoms with Crippen molar-refractivity contribution < 1.29 is 4.79 Å². The van der Waals surface area contributed by atoms with Crippen molar-refractivity contribution in [2.45, 2.75) is 45.6 Å². The number of aromatic nitrogens is 2. The fourth-order valence-corrected chi connectivity index (χ4v) is 2.70. The molecule has 0 aliphatic carbocycles. The smallest absolute Gasteiger partial charge is 0.258 e. The Hall–Kier alpha value is -1.92. The Bertz CT molecular complexity index is 732. The molecule has 2 rings (SSSR count). The highest BCUT2D eigenvalue weighted by Crippen LogP contribution is 2.09. The number of para-hydroxylation sites is 1. The monoisotopic (exact) mass is 366 g/mol. The summed E-state index contributed by atoms with van der Waals surface area (Å²) >= 11 is 0. The highest BCUT2D eigenvalue weighted by atomic mass is 35.5. The second-order valence-electron chi connectivity index (χ2n) is 5.89. The van der Waals surface area contributed by atoms with E-state index >= 15 is 0 Å². The molecule has 0 aliphatic heterocycles. The number of amides is 1. The number of fused-ring (bicyclic) bond motifs is 1. The Balaban J connectivity index is 0.00000312. The molecule has 2 aromatic rings. The largest absolute Gasteiger partial charge is 0.336 e. The number of rotatable bonds is 9. The van der Waals surface area contributed by atoms with Crippen LogP contribution in [0.25, 0.3) is 10.9 Å². The summed E-state index contributed by atoms with van der Waals surface area (Å²) in [6, 6.07) is 7.22. The topological polar surface area (TPSA) is 92.1 Å². The number of hydrogen-bond donors (Lipinski definition) is 2. The number of carbonyl (C=O) groups is 1. The molecule has 0 saturated heterocycles. The lowest BCUT2D eigenvalue weighted by Crippen LogP contribution is -2.31. The zero-order valence-corrected chi connectivity index (χ0v) is 15.5. The van der Waals surface area contributed by atoms with Crippen LogP contribution in [0, 0.1) is 0 Å². The molecule has 1 amide bonds. The average Bonchev–Trinajstić information content (AvgIpc) is 2.59. The zero-order chi connectivity index (χ0) is 17.4. The summed E-state index contributed by atoms with van der Waals surface area (Å²) in [7, 11) is 0. The summed E-state index contributed by atoms with van der Waals surface area (Å²) < 4.78 is 0. The minimum Gasteiger partial charge on any atom is -0.336 e. The van der Waals surface area contributed by atoms with E-state index in [1.807, 2.05) is 25.1 Å². The molecule has 6 nitrogen and oxygen atoms in total. The number of nitrogens with one attached hydrogen (secondary N) is 1. The van der Waals surface area contributed by atoms with Gasteiger partial charge in [-0.2, -0.15) is 0 Å². The molecule has 0 unspecified atom stereocenters. The summed E-state index contributed by atoms with van der Waals surface area (Å²) in [6.45, 7) is 3.57. The summed E-state index contributed by atoms with van der Waals surface area (Å²) in [5.41, 5.74) is 5.96. The first-order chi connectivity index (χ1) is 11.7. The van der Waals surface area contributed by atoms with E-state index in [0.29, 0.717) is 42.8 Å². The summed E-state index contributed by atoms with van der Waals surface area (Å²) in [4.78, 5) is 33.4. The van der Waals surface area contributed by atoms with Crippen LogP contribution in [0.15, 0.2) is 29.1 Å². The van der Waals surface area contributed by atoms with Gasteiger partial charge in [0.15, 0.2) is 0 Å². The minimum atomic E-state index is -0.166. The highest BCUT2D eigenvalue weighted by Gasteiger charge is 2.14. The maximum absolute atomic E-state index is 12.3. The summed E-state index contributed by atoms with van der Waals surface area (Å²) in [5.74, 6) is 0.623. The Kier molecular flexibility index (Phi) is 9.16. The molecular formula is C18H27ClN4O2. The first-order valence-electron chi connectivity index (χ1n) is 8.61. The third kappa shape index (κ3) is 6.14. The molecule has 3 N–H and O–H groups in total. The first-order valence-corrected chi connectivity index (χ1v) is 8.61. The van der Waals surface area contributed by atoms with E-state index in [4.69, 9.17) is 5.73 Å².